The molecular formula is C11H14O4. The Bertz CT molecular complexity index is 294. The highest BCUT2D eigenvalue weighted by Crippen LogP contribution is 2.12. The Morgan fingerprint density at radius 2 is 2.00 bits per heavy atom. The van der Waals surface area contributed by atoms with Gasteiger partial charge >= 0.3 is 0 Å². The van der Waals surface area contributed by atoms with Gasteiger partial charge in [0.2, 0.25) is 0 Å². The molecule has 0 radical (unpaired) electrons. The lowest BCUT2D eigenvalue weighted by atomic mass is 10.1. The van der Waals surface area contributed by atoms with Crippen molar-refractivity contribution in [2.45, 2.75) is 12.5 Å². The third kappa shape index (κ3) is 4.10. The van der Waals surface area contributed by atoms with E-state index in [0.717, 1.165) is 5.56 Å². The number of rotatable bonds is 6. The maximum absolute atomic E-state index is 10.2. The molecule has 0 fully saturated rings. The van der Waals surface area contributed by atoms with Gasteiger partial charge in [-0.25, -0.2) is 0 Å². The molecule has 2 N–H and O–H groups in total. The van der Waals surface area contributed by atoms with Crippen molar-refractivity contribution in [1.29, 1.82) is 0 Å². The summed E-state index contributed by atoms with van der Waals surface area (Å²) in [6.07, 6.45) is -0.130. The Hall–Kier alpha value is -1.39. The number of carbonyl (C=O) groups excluding carboxylic acids is 1. The molecule has 15 heavy (non-hydrogen) atoms. The quantitative estimate of drug-likeness (QED) is 0.656. The number of aliphatic hydroxyl groups excluding tert-OH is 2. The summed E-state index contributed by atoms with van der Waals surface area (Å²) in [6.45, 7) is 0.238. The molecule has 0 aliphatic carbocycles. The first-order chi connectivity index (χ1) is 7.26. The minimum absolute atomic E-state index is 0.0222. The minimum Gasteiger partial charge on any atom is -0.491 e. The van der Waals surface area contributed by atoms with E-state index in [9.17, 15) is 4.79 Å². The van der Waals surface area contributed by atoms with Crippen LogP contribution in [0.5, 0.6) is 5.75 Å². The molecule has 0 aliphatic heterocycles. The second kappa shape index (κ2) is 6.16. The highest BCUT2D eigenvalue weighted by atomic mass is 16.5. The summed E-state index contributed by atoms with van der Waals surface area (Å²) in [5, 5.41) is 17.6. The van der Waals surface area contributed by atoms with E-state index in [4.69, 9.17) is 14.9 Å². The number of hydrogen-bond donors (Lipinski definition) is 2. The highest BCUT2D eigenvalue weighted by molar-refractivity contribution is 5.56. The van der Waals surface area contributed by atoms with Gasteiger partial charge in [0.05, 0.1) is 6.61 Å². The summed E-state index contributed by atoms with van der Waals surface area (Å²) in [4.78, 5) is 10.2. The fraction of sp³-hybridized carbons (Fsp3) is 0.364. The van der Waals surface area contributed by atoms with Crippen molar-refractivity contribution < 1.29 is 19.7 Å². The topological polar surface area (TPSA) is 66.8 Å². The van der Waals surface area contributed by atoms with Gasteiger partial charge < -0.3 is 19.7 Å². The number of benzene rings is 1. The van der Waals surface area contributed by atoms with E-state index in [1.807, 2.05) is 0 Å². The van der Waals surface area contributed by atoms with Gasteiger partial charge in [0.15, 0.2) is 0 Å². The SMILES string of the molecule is O=CC(O)Cc1ccc(OCCO)cc1. The number of ether oxygens (including phenoxy) is 1. The van der Waals surface area contributed by atoms with E-state index in [-0.39, 0.29) is 13.2 Å². The van der Waals surface area contributed by atoms with E-state index < -0.39 is 6.10 Å². The summed E-state index contributed by atoms with van der Waals surface area (Å²) in [5.41, 5.74) is 0.867. The number of aldehydes is 1. The molecule has 82 valence electrons. The van der Waals surface area contributed by atoms with Crippen molar-refractivity contribution in [1.82, 2.24) is 0 Å². The van der Waals surface area contributed by atoms with Crippen LogP contribution in [0, 0.1) is 0 Å². The van der Waals surface area contributed by atoms with Gasteiger partial charge in [-0.2, -0.15) is 0 Å². The molecule has 0 aromatic heterocycles. The number of aliphatic hydroxyl groups is 2. The number of hydrogen-bond acceptors (Lipinski definition) is 4. The van der Waals surface area contributed by atoms with Crippen molar-refractivity contribution in [3.63, 3.8) is 0 Å². The Balaban J connectivity index is 2.52. The normalized spacial score (nSPS) is 12.1. The molecule has 1 aromatic carbocycles. The molecule has 4 heteroatoms. The van der Waals surface area contributed by atoms with Crippen LogP contribution in [-0.2, 0) is 11.2 Å². The molecule has 0 spiro atoms. The van der Waals surface area contributed by atoms with Crippen LogP contribution in [0.25, 0.3) is 0 Å². The van der Waals surface area contributed by atoms with E-state index in [0.29, 0.717) is 18.5 Å². The molecule has 0 saturated heterocycles. The van der Waals surface area contributed by atoms with E-state index in [1.54, 1.807) is 24.3 Å². The molecule has 0 bridgehead atoms. The molecule has 0 aliphatic rings. The molecular weight excluding hydrogens is 196 g/mol. The fourth-order valence-corrected chi connectivity index (χ4v) is 1.17. The second-order valence-electron chi connectivity index (χ2n) is 3.12. The van der Waals surface area contributed by atoms with E-state index >= 15 is 0 Å². The molecule has 0 heterocycles. The molecule has 4 nitrogen and oxygen atoms in total. The van der Waals surface area contributed by atoms with Gasteiger partial charge in [-0.3, -0.25) is 0 Å². The lowest BCUT2D eigenvalue weighted by Gasteiger charge is -2.06. The first-order valence-electron chi connectivity index (χ1n) is 4.72. The Kier molecular flexibility index (Phi) is 4.80. The Morgan fingerprint density at radius 3 is 2.53 bits per heavy atom. The minimum atomic E-state index is -0.950. The Morgan fingerprint density at radius 1 is 1.33 bits per heavy atom. The zero-order chi connectivity index (χ0) is 11.1. The van der Waals surface area contributed by atoms with Crippen LogP contribution < -0.4 is 4.74 Å². The summed E-state index contributed by atoms with van der Waals surface area (Å²) in [7, 11) is 0. The Labute approximate surface area is 88.1 Å². The van der Waals surface area contributed by atoms with E-state index in [2.05, 4.69) is 0 Å². The zero-order valence-electron chi connectivity index (χ0n) is 8.30. The zero-order valence-corrected chi connectivity index (χ0v) is 8.30. The maximum Gasteiger partial charge on any atom is 0.148 e. The smallest absolute Gasteiger partial charge is 0.148 e. The van der Waals surface area contributed by atoms with Crippen LogP contribution in [0.3, 0.4) is 0 Å². The van der Waals surface area contributed by atoms with Gasteiger partial charge in [-0.05, 0) is 17.7 Å². The van der Waals surface area contributed by atoms with Gasteiger partial charge in [-0.15, -0.1) is 0 Å². The fourth-order valence-electron chi connectivity index (χ4n) is 1.17. The van der Waals surface area contributed by atoms with Crippen molar-refractivity contribution in [3.05, 3.63) is 29.8 Å². The van der Waals surface area contributed by atoms with Crippen LogP contribution in [0.4, 0.5) is 0 Å². The van der Waals surface area contributed by atoms with Crippen LogP contribution in [0.1, 0.15) is 5.56 Å². The van der Waals surface area contributed by atoms with Crippen molar-refractivity contribution in [3.8, 4) is 5.75 Å². The summed E-state index contributed by atoms with van der Waals surface area (Å²) in [6, 6.07) is 7.03. The molecule has 1 rings (SSSR count). The van der Waals surface area contributed by atoms with Crippen molar-refractivity contribution in [2.75, 3.05) is 13.2 Å². The molecule has 1 atom stereocenters. The van der Waals surface area contributed by atoms with Crippen LogP contribution in [-0.4, -0.2) is 35.8 Å². The third-order valence-electron chi connectivity index (χ3n) is 1.89. The summed E-state index contributed by atoms with van der Waals surface area (Å²) in [5.74, 6) is 0.661. The third-order valence-corrected chi connectivity index (χ3v) is 1.89. The van der Waals surface area contributed by atoms with Gasteiger partial charge in [-0.1, -0.05) is 12.1 Å². The van der Waals surface area contributed by atoms with Gasteiger partial charge in [0, 0.05) is 6.42 Å². The lowest BCUT2D eigenvalue weighted by molar-refractivity contribution is -0.114. The van der Waals surface area contributed by atoms with Crippen molar-refractivity contribution >= 4 is 6.29 Å². The summed E-state index contributed by atoms with van der Waals surface area (Å²) < 4.78 is 5.16. The van der Waals surface area contributed by atoms with Crippen LogP contribution >= 0.6 is 0 Å². The predicted octanol–water partition coefficient (Wildman–Crippen LogP) is 0.160. The van der Waals surface area contributed by atoms with Crippen molar-refractivity contribution in [2.24, 2.45) is 0 Å². The maximum atomic E-state index is 10.2. The average molecular weight is 210 g/mol. The molecule has 0 saturated carbocycles. The first kappa shape index (κ1) is 11.7. The van der Waals surface area contributed by atoms with Crippen LogP contribution in [0.2, 0.25) is 0 Å². The lowest BCUT2D eigenvalue weighted by Crippen LogP contribution is -2.11. The monoisotopic (exact) mass is 210 g/mol. The van der Waals surface area contributed by atoms with Gasteiger partial charge in [0.1, 0.15) is 24.7 Å². The standard InChI is InChI=1S/C11H14O4/c12-5-6-15-11-3-1-9(2-4-11)7-10(14)8-13/h1-4,8,10,12,14H,5-7H2. The molecule has 0 amide bonds. The highest BCUT2D eigenvalue weighted by Gasteiger charge is 2.03. The first-order valence-corrected chi connectivity index (χ1v) is 4.72. The second-order valence-corrected chi connectivity index (χ2v) is 3.12. The number of carbonyl (C=O) groups is 1. The van der Waals surface area contributed by atoms with E-state index in [1.165, 1.54) is 0 Å². The van der Waals surface area contributed by atoms with Gasteiger partial charge in [0.25, 0.3) is 0 Å². The summed E-state index contributed by atoms with van der Waals surface area (Å²) >= 11 is 0. The predicted molar refractivity (Wildman–Crippen MR) is 54.8 cm³/mol. The average Bonchev–Trinajstić information content (AvgIpc) is 2.28. The van der Waals surface area contributed by atoms with Crippen LogP contribution in [0.15, 0.2) is 24.3 Å². The largest absolute Gasteiger partial charge is 0.491 e. The molecule has 1 unspecified atom stereocenters. The molecule has 1 aromatic rings.